The van der Waals surface area contributed by atoms with Gasteiger partial charge in [0.15, 0.2) is 0 Å². The molecule has 2 aromatic rings. The second-order valence-electron chi connectivity index (χ2n) is 3.79. The number of nitrogens with zero attached hydrogens (tertiary/aromatic N) is 1. The Hall–Kier alpha value is -2.44. The molecule has 1 aromatic carbocycles. The average Bonchev–Trinajstić information content (AvgIpc) is 2.86. The molecule has 0 aliphatic carbocycles. The van der Waals surface area contributed by atoms with Crippen LogP contribution in [0.15, 0.2) is 34.0 Å². The Balaban J connectivity index is 2.56. The number of aromatic nitrogens is 1. The molecule has 2 rings (SSSR count). The second-order valence-corrected chi connectivity index (χ2v) is 5.41. The lowest BCUT2D eigenvalue weighted by atomic mass is 10.2. The monoisotopic (exact) mass is 313 g/mol. The van der Waals surface area contributed by atoms with Crippen molar-refractivity contribution in [3.05, 3.63) is 41.8 Å². The smallest absolute Gasteiger partial charge is 0.266 e. The van der Waals surface area contributed by atoms with Gasteiger partial charge in [-0.3, -0.25) is 4.72 Å². The number of anilines is 1. The maximum Gasteiger partial charge on any atom is 0.266 e. The van der Waals surface area contributed by atoms with Crippen LogP contribution in [0.5, 0.6) is 0 Å². The fourth-order valence-corrected chi connectivity index (χ4v) is 2.76. The van der Waals surface area contributed by atoms with Gasteiger partial charge in [-0.1, -0.05) is 17.0 Å². The summed E-state index contributed by atoms with van der Waals surface area (Å²) in [4.78, 5) is -0.772. The maximum absolute atomic E-state index is 13.9. The molecule has 9 heteroatoms. The van der Waals surface area contributed by atoms with E-state index < -0.39 is 26.6 Å². The lowest BCUT2D eigenvalue weighted by Crippen LogP contribution is -2.16. The Morgan fingerprint density at radius 1 is 1.38 bits per heavy atom. The zero-order valence-electron chi connectivity index (χ0n) is 10.4. The van der Waals surface area contributed by atoms with Crippen molar-refractivity contribution >= 4 is 15.7 Å². The van der Waals surface area contributed by atoms with Gasteiger partial charge < -0.3 is 10.3 Å². The molecule has 1 heterocycles. The summed E-state index contributed by atoms with van der Waals surface area (Å²) >= 11 is 0. The van der Waals surface area contributed by atoms with Crippen molar-refractivity contribution in [1.82, 2.24) is 5.16 Å². The predicted molar refractivity (Wildman–Crippen MR) is 69.6 cm³/mol. The molecule has 0 saturated carbocycles. The lowest BCUT2D eigenvalue weighted by Gasteiger charge is -2.09. The highest BCUT2D eigenvalue weighted by Gasteiger charge is 2.24. The summed E-state index contributed by atoms with van der Waals surface area (Å²) in [5.74, 6) is 2.47. The first kappa shape index (κ1) is 15.0. The van der Waals surface area contributed by atoms with E-state index in [1.54, 1.807) is 0 Å². The standard InChI is InChI=1S/C12H9F2N3O3S/c13-9-4-8(2-1-3-15)12(11(14)5-9)21(18,19)17-10-6-16-20-7-10/h4-7,17H,3,15H2. The minimum absolute atomic E-state index is 0.00328. The Bertz CT molecular complexity index is 808. The summed E-state index contributed by atoms with van der Waals surface area (Å²) in [7, 11) is -4.33. The SMILES string of the molecule is NCC#Cc1cc(F)cc(F)c1S(=O)(=O)Nc1cnoc1. The van der Waals surface area contributed by atoms with Gasteiger partial charge in [0.25, 0.3) is 10.0 Å². The summed E-state index contributed by atoms with van der Waals surface area (Å²) in [6.45, 7) is -0.0866. The summed E-state index contributed by atoms with van der Waals surface area (Å²) in [6, 6.07) is 1.27. The molecule has 0 aliphatic heterocycles. The topological polar surface area (TPSA) is 98.2 Å². The molecule has 6 nitrogen and oxygen atoms in total. The summed E-state index contributed by atoms with van der Waals surface area (Å²) in [6.07, 6.45) is 2.11. The average molecular weight is 313 g/mol. The molecule has 0 unspecified atom stereocenters. The number of benzene rings is 1. The van der Waals surface area contributed by atoms with Crippen LogP contribution < -0.4 is 10.5 Å². The van der Waals surface area contributed by atoms with Crippen molar-refractivity contribution in [2.24, 2.45) is 5.73 Å². The molecule has 0 bridgehead atoms. The van der Waals surface area contributed by atoms with Crippen LogP contribution in [-0.2, 0) is 10.0 Å². The zero-order chi connectivity index (χ0) is 15.5. The number of nitrogens with two attached hydrogens (primary N) is 1. The lowest BCUT2D eigenvalue weighted by molar-refractivity contribution is 0.420. The van der Waals surface area contributed by atoms with Crippen LogP contribution in [0.2, 0.25) is 0 Å². The molecule has 3 N–H and O–H groups in total. The van der Waals surface area contributed by atoms with E-state index in [0.29, 0.717) is 6.07 Å². The van der Waals surface area contributed by atoms with Gasteiger partial charge in [0.1, 0.15) is 28.5 Å². The quantitative estimate of drug-likeness (QED) is 0.826. The van der Waals surface area contributed by atoms with E-state index in [-0.39, 0.29) is 17.8 Å². The molecular formula is C12H9F2N3O3S. The van der Waals surface area contributed by atoms with E-state index in [4.69, 9.17) is 5.73 Å². The minimum Gasteiger partial charge on any atom is -0.362 e. The van der Waals surface area contributed by atoms with Gasteiger partial charge in [-0.05, 0) is 6.07 Å². The highest BCUT2D eigenvalue weighted by Crippen LogP contribution is 2.23. The normalized spacial score (nSPS) is 10.8. The number of nitrogens with one attached hydrogen (secondary N) is 1. The van der Waals surface area contributed by atoms with Crippen LogP contribution in [0.1, 0.15) is 5.56 Å². The van der Waals surface area contributed by atoms with Crippen LogP contribution in [0.3, 0.4) is 0 Å². The van der Waals surface area contributed by atoms with Crippen molar-refractivity contribution in [3.8, 4) is 11.8 Å². The maximum atomic E-state index is 13.9. The van der Waals surface area contributed by atoms with E-state index in [0.717, 1.165) is 18.5 Å². The zero-order valence-corrected chi connectivity index (χ0v) is 11.2. The Morgan fingerprint density at radius 2 is 2.14 bits per heavy atom. The third-order valence-electron chi connectivity index (χ3n) is 2.29. The van der Waals surface area contributed by atoms with Gasteiger partial charge in [-0.25, -0.2) is 17.2 Å². The number of hydrogen-bond acceptors (Lipinski definition) is 5. The van der Waals surface area contributed by atoms with E-state index in [1.165, 1.54) is 0 Å². The molecule has 21 heavy (non-hydrogen) atoms. The van der Waals surface area contributed by atoms with Crippen LogP contribution in [-0.4, -0.2) is 20.1 Å². The van der Waals surface area contributed by atoms with Crippen molar-refractivity contribution in [2.45, 2.75) is 4.90 Å². The van der Waals surface area contributed by atoms with Gasteiger partial charge in [0, 0.05) is 6.07 Å². The Labute approximate surface area is 119 Å². The van der Waals surface area contributed by atoms with Gasteiger partial charge in [-0.15, -0.1) is 0 Å². The number of hydrogen-bond donors (Lipinski definition) is 2. The van der Waals surface area contributed by atoms with Gasteiger partial charge in [-0.2, -0.15) is 0 Å². The first-order chi connectivity index (χ1) is 9.94. The highest BCUT2D eigenvalue weighted by atomic mass is 32.2. The molecule has 0 fully saturated rings. The Kier molecular flexibility index (Phi) is 4.21. The van der Waals surface area contributed by atoms with Crippen molar-refractivity contribution in [2.75, 3.05) is 11.3 Å². The number of sulfonamides is 1. The van der Waals surface area contributed by atoms with Crippen LogP contribution in [0.4, 0.5) is 14.5 Å². The summed E-state index contributed by atoms with van der Waals surface area (Å²) in [5.41, 5.74) is 4.84. The summed E-state index contributed by atoms with van der Waals surface area (Å²) in [5, 5.41) is 3.31. The van der Waals surface area contributed by atoms with E-state index in [2.05, 4.69) is 21.5 Å². The highest BCUT2D eigenvalue weighted by molar-refractivity contribution is 7.92. The fraction of sp³-hybridized carbons (Fsp3) is 0.0833. The van der Waals surface area contributed by atoms with Crippen molar-refractivity contribution in [1.29, 1.82) is 0 Å². The van der Waals surface area contributed by atoms with E-state index in [9.17, 15) is 17.2 Å². The first-order valence-electron chi connectivity index (χ1n) is 5.54. The Morgan fingerprint density at radius 3 is 2.76 bits per heavy atom. The molecule has 0 amide bonds. The second kappa shape index (κ2) is 5.90. The van der Waals surface area contributed by atoms with E-state index >= 15 is 0 Å². The van der Waals surface area contributed by atoms with Crippen LogP contribution in [0, 0.1) is 23.5 Å². The molecular weight excluding hydrogens is 304 g/mol. The van der Waals surface area contributed by atoms with Crippen molar-refractivity contribution < 1.29 is 21.7 Å². The third-order valence-corrected chi connectivity index (χ3v) is 3.74. The van der Waals surface area contributed by atoms with E-state index in [1.807, 2.05) is 4.72 Å². The molecule has 0 spiro atoms. The van der Waals surface area contributed by atoms with Crippen LogP contribution >= 0.6 is 0 Å². The molecule has 0 saturated heterocycles. The molecule has 110 valence electrons. The van der Waals surface area contributed by atoms with Gasteiger partial charge in [0.2, 0.25) is 0 Å². The number of rotatable bonds is 3. The third kappa shape index (κ3) is 3.36. The molecule has 0 aliphatic rings. The van der Waals surface area contributed by atoms with Crippen molar-refractivity contribution in [3.63, 3.8) is 0 Å². The molecule has 0 atom stereocenters. The molecule has 1 aromatic heterocycles. The largest absolute Gasteiger partial charge is 0.362 e. The minimum atomic E-state index is -4.33. The number of halogens is 2. The first-order valence-corrected chi connectivity index (χ1v) is 7.02. The summed E-state index contributed by atoms with van der Waals surface area (Å²) < 4.78 is 57.9. The predicted octanol–water partition coefficient (Wildman–Crippen LogP) is 1.06. The fourth-order valence-electron chi connectivity index (χ4n) is 1.53. The molecule has 0 radical (unpaired) electrons. The van der Waals surface area contributed by atoms with Gasteiger partial charge in [0.05, 0.1) is 18.3 Å². The van der Waals surface area contributed by atoms with Gasteiger partial charge >= 0.3 is 0 Å². The van der Waals surface area contributed by atoms with Crippen LogP contribution in [0.25, 0.3) is 0 Å².